The molecule has 100 valence electrons. The first-order valence-corrected chi connectivity index (χ1v) is 5.97. The lowest BCUT2D eigenvalue weighted by molar-refractivity contribution is 0.0775. The van der Waals surface area contributed by atoms with Crippen LogP contribution in [0.5, 0.6) is 11.5 Å². The zero-order valence-electron chi connectivity index (χ0n) is 11.7. The third-order valence-electron chi connectivity index (χ3n) is 2.62. The number of hydrogen-bond donors (Lipinski definition) is 0. The van der Waals surface area contributed by atoms with E-state index in [-0.39, 0.29) is 5.91 Å². The molecule has 0 saturated heterocycles. The second kappa shape index (κ2) is 6.28. The van der Waals surface area contributed by atoms with Crippen molar-refractivity contribution < 1.29 is 14.3 Å². The Morgan fingerprint density at radius 2 is 1.94 bits per heavy atom. The summed E-state index contributed by atoms with van der Waals surface area (Å²) in [5.74, 6) is 1.59. The third-order valence-corrected chi connectivity index (χ3v) is 2.62. The number of ether oxygens (including phenoxy) is 2. The van der Waals surface area contributed by atoms with Crippen molar-refractivity contribution in [1.29, 1.82) is 0 Å². The van der Waals surface area contributed by atoms with Crippen LogP contribution in [0, 0.1) is 5.92 Å². The highest BCUT2D eigenvalue weighted by Crippen LogP contribution is 2.25. The Bertz CT molecular complexity index is 416. The van der Waals surface area contributed by atoms with Gasteiger partial charge in [-0.2, -0.15) is 0 Å². The van der Waals surface area contributed by atoms with Gasteiger partial charge in [0.15, 0.2) is 0 Å². The number of carbonyl (C=O) groups excluding carboxylic acids is 1. The van der Waals surface area contributed by atoms with Crippen LogP contribution in [0.25, 0.3) is 0 Å². The smallest absolute Gasteiger partial charge is 0.257 e. The quantitative estimate of drug-likeness (QED) is 0.806. The SMILES string of the molecule is COc1ccc(OC)c(C(=O)N(C)CC(C)C)c1. The Hall–Kier alpha value is -1.71. The Morgan fingerprint density at radius 3 is 2.44 bits per heavy atom. The molecule has 0 aromatic heterocycles. The Labute approximate surface area is 108 Å². The lowest BCUT2D eigenvalue weighted by Crippen LogP contribution is -2.30. The Morgan fingerprint density at radius 1 is 1.28 bits per heavy atom. The van der Waals surface area contributed by atoms with Gasteiger partial charge < -0.3 is 14.4 Å². The number of rotatable bonds is 5. The molecule has 0 fully saturated rings. The monoisotopic (exact) mass is 251 g/mol. The molecule has 18 heavy (non-hydrogen) atoms. The van der Waals surface area contributed by atoms with Gasteiger partial charge in [0.1, 0.15) is 11.5 Å². The van der Waals surface area contributed by atoms with Gasteiger partial charge in [-0.15, -0.1) is 0 Å². The van der Waals surface area contributed by atoms with Crippen LogP contribution in [0.4, 0.5) is 0 Å². The van der Waals surface area contributed by atoms with Gasteiger partial charge in [0.25, 0.3) is 5.91 Å². The highest BCUT2D eigenvalue weighted by Gasteiger charge is 2.18. The lowest BCUT2D eigenvalue weighted by Gasteiger charge is -2.20. The molecule has 0 saturated carbocycles. The topological polar surface area (TPSA) is 38.8 Å². The number of hydrogen-bond acceptors (Lipinski definition) is 3. The van der Waals surface area contributed by atoms with Gasteiger partial charge in [-0.05, 0) is 24.1 Å². The van der Waals surface area contributed by atoms with E-state index in [1.807, 2.05) is 0 Å². The molecule has 1 aromatic carbocycles. The van der Waals surface area contributed by atoms with Crippen molar-refractivity contribution in [3.63, 3.8) is 0 Å². The predicted octanol–water partition coefficient (Wildman–Crippen LogP) is 2.43. The molecule has 0 N–H and O–H groups in total. The van der Waals surface area contributed by atoms with E-state index < -0.39 is 0 Å². The summed E-state index contributed by atoms with van der Waals surface area (Å²) in [7, 11) is 4.93. The van der Waals surface area contributed by atoms with Crippen LogP contribution in [-0.2, 0) is 0 Å². The average molecular weight is 251 g/mol. The van der Waals surface area contributed by atoms with Crippen LogP contribution >= 0.6 is 0 Å². The molecule has 4 nitrogen and oxygen atoms in total. The third kappa shape index (κ3) is 3.39. The summed E-state index contributed by atoms with van der Waals surface area (Å²) in [6.45, 7) is 4.86. The zero-order valence-corrected chi connectivity index (χ0v) is 11.7. The van der Waals surface area contributed by atoms with Crippen LogP contribution in [0.1, 0.15) is 24.2 Å². The van der Waals surface area contributed by atoms with Gasteiger partial charge in [-0.3, -0.25) is 4.79 Å². The van der Waals surface area contributed by atoms with Crippen molar-refractivity contribution >= 4 is 5.91 Å². The van der Waals surface area contributed by atoms with Crippen molar-refractivity contribution in [2.45, 2.75) is 13.8 Å². The van der Waals surface area contributed by atoms with Crippen molar-refractivity contribution in [2.75, 3.05) is 27.8 Å². The first-order chi connectivity index (χ1) is 8.49. The summed E-state index contributed by atoms with van der Waals surface area (Å²) in [4.78, 5) is 14.0. The average Bonchev–Trinajstić information content (AvgIpc) is 2.36. The van der Waals surface area contributed by atoms with Gasteiger partial charge in [0, 0.05) is 13.6 Å². The van der Waals surface area contributed by atoms with E-state index in [9.17, 15) is 4.79 Å². The number of carbonyl (C=O) groups is 1. The molecule has 0 bridgehead atoms. The largest absolute Gasteiger partial charge is 0.497 e. The molecule has 0 heterocycles. The van der Waals surface area contributed by atoms with E-state index in [1.54, 1.807) is 44.4 Å². The second-order valence-corrected chi connectivity index (χ2v) is 4.65. The molecule has 0 spiro atoms. The van der Waals surface area contributed by atoms with Crippen LogP contribution in [0.2, 0.25) is 0 Å². The molecule has 1 amide bonds. The van der Waals surface area contributed by atoms with Crippen molar-refractivity contribution in [3.05, 3.63) is 23.8 Å². The van der Waals surface area contributed by atoms with Crippen LogP contribution < -0.4 is 9.47 Å². The van der Waals surface area contributed by atoms with Crippen molar-refractivity contribution in [2.24, 2.45) is 5.92 Å². The van der Waals surface area contributed by atoms with E-state index in [2.05, 4.69) is 13.8 Å². The van der Waals surface area contributed by atoms with Crippen LogP contribution in [0.15, 0.2) is 18.2 Å². The fourth-order valence-corrected chi connectivity index (χ4v) is 1.82. The fourth-order valence-electron chi connectivity index (χ4n) is 1.82. The van der Waals surface area contributed by atoms with Gasteiger partial charge in [-0.1, -0.05) is 13.8 Å². The number of nitrogens with zero attached hydrogens (tertiary/aromatic N) is 1. The van der Waals surface area contributed by atoms with Crippen molar-refractivity contribution in [3.8, 4) is 11.5 Å². The molecule has 1 rings (SSSR count). The van der Waals surface area contributed by atoms with E-state index >= 15 is 0 Å². The first-order valence-electron chi connectivity index (χ1n) is 5.97. The Kier molecular flexibility index (Phi) is 5.01. The summed E-state index contributed by atoms with van der Waals surface area (Å²) in [5.41, 5.74) is 0.528. The molecular formula is C14H21NO3. The molecule has 0 unspecified atom stereocenters. The molecule has 4 heteroatoms. The minimum absolute atomic E-state index is 0.0561. The van der Waals surface area contributed by atoms with Gasteiger partial charge in [0.05, 0.1) is 19.8 Å². The first kappa shape index (κ1) is 14.4. The molecular weight excluding hydrogens is 230 g/mol. The summed E-state index contributed by atoms with van der Waals surface area (Å²) < 4.78 is 10.4. The maximum absolute atomic E-state index is 12.3. The molecule has 0 radical (unpaired) electrons. The fraction of sp³-hybridized carbons (Fsp3) is 0.500. The maximum Gasteiger partial charge on any atom is 0.257 e. The van der Waals surface area contributed by atoms with E-state index in [4.69, 9.17) is 9.47 Å². The van der Waals surface area contributed by atoms with E-state index in [0.29, 0.717) is 29.5 Å². The highest BCUT2D eigenvalue weighted by atomic mass is 16.5. The summed E-state index contributed by atoms with van der Waals surface area (Å²) in [6.07, 6.45) is 0. The van der Waals surface area contributed by atoms with E-state index in [0.717, 1.165) is 0 Å². The van der Waals surface area contributed by atoms with Crippen molar-refractivity contribution in [1.82, 2.24) is 4.90 Å². The Balaban J connectivity index is 3.02. The van der Waals surface area contributed by atoms with Gasteiger partial charge in [0.2, 0.25) is 0 Å². The molecule has 0 atom stereocenters. The lowest BCUT2D eigenvalue weighted by atomic mass is 10.1. The molecule has 0 aliphatic carbocycles. The summed E-state index contributed by atoms with van der Waals surface area (Å²) in [5, 5.41) is 0. The number of methoxy groups -OCH3 is 2. The van der Waals surface area contributed by atoms with Crippen LogP contribution in [-0.4, -0.2) is 38.6 Å². The van der Waals surface area contributed by atoms with E-state index in [1.165, 1.54) is 0 Å². The second-order valence-electron chi connectivity index (χ2n) is 4.65. The summed E-state index contributed by atoms with van der Waals surface area (Å²) >= 11 is 0. The summed E-state index contributed by atoms with van der Waals surface area (Å²) in [6, 6.07) is 5.23. The van der Waals surface area contributed by atoms with Gasteiger partial charge >= 0.3 is 0 Å². The maximum atomic E-state index is 12.3. The minimum Gasteiger partial charge on any atom is -0.497 e. The molecule has 0 aliphatic heterocycles. The number of amides is 1. The normalized spacial score (nSPS) is 10.3. The highest BCUT2D eigenvalue weighted by molar-refractivity contribution is 5.97. The zero-order chi connectivity index (χ0) is 13.7. The molecule has 0 aliphatic rings. The minimum atomic E-state index is -0.0561. The van der Waals surface area contributed by atoms with Gasteiger partial charge in [-0.25, -0.2) is 0 Å². The molecule has 1 aromatic rings. The predicted molar refractivity (Wildman–Crippen MR) is 71.3 cm³/mol. The number of benzene rings is 1. The van der Waals surface area contributed by atoms with Crippen LogP contribution in [0.3, 0.4) is 0 Å². The standard InChI is InChI=1S/C14H21NO3/c1-10(2)9-15(3)14(16)12-8-11(17-4)6-7-13(12)18-5/h6-8,10H,9H2,1-5H3.